The van der Waals surface area contributed by atoms with E-state index in [0.29, 0.717) is 12.1 Å². The van der Waals surface area contributed by atoms with Crippen molar-refractivity contribution in [2.75, 3.05) is 6.61 Å². The Balaban J connectivity index is 1.60. The molecule has 3 heteroatoms. The molecule has 0 spiro atoms. The molecule has 2 aliphatic rings. The van der Waals surface area contributed by atoms with Crippen molar-refractivity contribution < 1.29 is 4.74 Å². The number of nitriles is 1. The Bertz CT molecular complexity index is 300. The van der Waals surface area contributed by atoms with Crippen molar-refractivity contribution in [3.8, 4) is 6.07 Å². The molecule has 1 N–H and O–H groups in total. The first-order chi connectivity index (χ1) is 9.22. The Hall–Kier alpha value is -0.590. The van der Waals surface area contributed by atoms with Gasteiger partial charge in [-0.1, -0.05) is 25.7 Å². The largest absolute Gasteiger partial charge is 0.378 e. The molecular weight excluding hydrogens is 236 g/mol. The summed E-state index contributed by atoms with van der Waals surface area (Å²) < 4.78 is 5.99. The first kappa shape index (κ1) is 14.8. The average molecular weight is 264 g/mol. The normalized spacial score (nSPS) is 24.4. The van der Waals surface area contributed by atoms with E-state index in [9.17, 15) is 5.26 Å². The highest BCUT2D eigenvalue weighted by atomic mass is 16.5. The summed E-state index contributed by atoms with van der Waals surface area (Å²) >= 11 is 0. The maximum absolute atomic E-state index is 9.29. The van der Waals surface area contributed by atoms with Gasteiger partial charge in [0.25, 0.3) is 0 Å². The van der Waals surface area contributed by atoms with Crippen LogP contribution in [-0.4, -0.2) is 24.3 Å². The topological polar surface area (TPSA) is 45.0 Å². The SMILES string of the molecule is CC(C#N)(CCCOC1CCCCCC1)NC1CC1. The molecule has 2 fully saturated rings. The van der Waals surface area contributed by atoms with Crippen LogP contribution in [0.3, 0.4) is 0 Å². The molecule has 0 aliphatic heterocycles. The number of nitrogens with zero attached hydrogens (tertiary/aromatic N) is 1. The summed E-state index contributed by atoms with van der Waals surface area (Å²) in [6.45, 7) is 2.84. The molecule has 0 heterocycles. The van der Waals surface area contributed by atoms with Gasteiger partial charge in [-0.2, -0.15) is 5.26 Å². The zero-order chi connectivity index (χ0) is 13.6. The van der Waals surface area contributed by atoms with Crippen LogP contribution in [0.1, 0.15) is 71.1 Å². The fraction of sp³-hybridized carbons (Fsp3) is 0.938. The minimum atomic E-state index is -0.353. The van der Waals surface area contributed by atoms with Gasteiger partial charge < -0.3 is 4.74 Å². The maximum Gasteiger partial charge on any atom is 0.104 e. The van der Waals surface area contributed by atoms with Crippen LogP contribution >= 0.6 is 0 Å². The zero-order valence-electron chi connectivity index (χ0n) is 12.3. The number of hydrogen-bond donors (Lipinski definition) is 1. The van der Waals surface area contributed by atoms with Gasteiger partial charge in [-0.25, -0.2) is 0 Å². The molecule has 2 rings (SSSR count). The summed E-state index contributed by atoms with van der Waals surface area (Å²) in [6.07, 6.45) is 12.7. The zero-order valence-corrected chi connectivity index (χ0v) is 12.3. The molecule has 0 radical (unpaired) electrons. The molecule has 1 atom stereocenters. The summed E-state index contributed by atoms with van der Waals surface area (Å²) in [6, 6.07) is 3.02. The fourth-order valence-corrected chi connectivity index (χ4v) is 2.92. The third-order valence-corrected chi connectivity index (χ3v) is 4.32. The van der Waals surface area contributed by atoms with Crippen molar-refractivity contribution in [1.29, 1.82) is 5.26 Å². The van der Waals surface area contributed by atoms with Crippen LogP contribution in [-0.2, 0) is 4.74 Å². The Labute approximate surface area is 117 Å². The molecule has 0 amide bonds. The molecule has 108 valence electrons. The van der Waals surface area contributed by atoms with Gasteiger partial charge in [-0.15, -0.1) is 0 Å². The predicted octanol–water partition coefficient (Wildman–Crippen LogP) is 3.54. The van der Waals surface area contributed by atoms with Crippen molar-refractivity contribution in [1.82, 2.24) is 5.32 Å². The summed E-state index contributed by atoms with van der Waals surface area (Å²) in [5.41, 5.74) is -0.353. The van der Waals surface area contributed by atoms with Gasteiger partial charge in [0, 0.05) is 12.6 Å². The van der Waals surface area contributed by atoms with Crippen molar-refractivity contribution in [2.45, 2.75) is 88.8 Å². The third-order valence-electron chi connectivity index (χ3n) is 4.32. The quantitative estimate of drug-likeness (QED) is 0.565. The number of hydrogen-bond acceptors (Lipinski definition) is 3. The second-order valence-electron chi connectivity index (χ2n) is 6.45. The molecule has 0 aromatic rings. The van der Waals surface area contributed by atoms with E-state index >= 15 is 0 Å². The molecule has 2 saturated carbocycles. The van der Waals surface area contributed by atoms with Gasteiger partial charge >= 0.3 is 0 Å². The molecule has 0 saturated heterocycles. The van der Waals surface area contributed by atoms with Crippen LogP contribution in [0.2, 0.25) is 0 Å². The minimum Gasteiger partial charge on any atom is -0.378 e. The Morgan fingerprint density at radius 1 is 1.16 bits per heavy atom. The lowest BCUT2D eigenvalue weighted by molar-refractivity contribution is 0.0390. The van der Waals surface area contributed by atoms with Crippen molar-refractivity contribution in [2.24, 2.45) is 0 Å². The first-order valence-electron chi connectivity index (χ1n) is 8.02. The van der Waals surface area contributed by atoms with Crippen molar-refractivity contribution in [3.05, 3.63) is 0 Å². The lowest BCUT2D eigenvalue weighted by atomic mass is 9.97. The maximum atomic E-state index is 9.29. The van der Waals surface area contributed by atoms with Gasteiger partial charge in [0.05, 0.1) is 12.2 Å². The molecule has 0 bridgehead atoms. The van der Waals surface area contributed by atoms with E-state index in [-0.39, 0.29) is 5.54 Å². The van der Waals surface area contributed by atoms with E-state index < -0.39 is 0 Å². The lowest BCUT2D eigenvalue weighted by Gasteiger charge is -2.24. The average Bonchev–Trinajstić information content (AvgIpc) is 3.22. The molecule has 0 aromatic heterocycles. The van der Waals surface area contributed by atoms with E-state index in [0.717, 1.165) is 19.4 Å². The molecule has 2 aliphatic carbocycles. The summed E-state index contributed by atoms with van der Waals surface area (Å²) in [7, 11) is 0. The highest BCUT2D eigenvalue weighted by molar-refractivity contribution is 5.06. The first-order valence-corrected chi connectivity index (χ1v) is 8.02. The standard InChI is InChI=1S/C16H28N2O/c1-16(13-17,18-14-9-10-14)11-6-12-19-15-7-4-2-3-5-8-15/h14-15,18H,2-12H2,1H3. The summed E-state index contributed by atoms with van der Waals surface area (Å²) in [5.74, 6) is 0. The van der Waals surface area contributed by atoms with Gasteiger partial charge in [-0.05, 0) is 45.4 Å². The summed E-state index contributed by atoms with van der Waals surface area (Å²) in [4.78, 5) is 0. The number of nitrogens with one attached hydrogen (secondary N) is 1. The Kier molecular flexibility index (Phi) is 5.66. The van der Waals surface area contributed by atoms with Crippen molar-refractivity contribution >= 4 is 0 Å². The number of rotatable bonds is 7. The van der Waals surface area contributed by atoms with Gasteiger partial charge in [0.2, 0.25) is 0 Å². The van der Waals surface area contributed by atoms with Gasteiger partial charge in [0.15, 0.2) is 0 Å². The Morgan fingerprint density at radius 2 is 1.84 bits per heavy atom. The van der Waals surface area contributed by atoms with Gasteiger partial charge in [0.1, 0.15) is 5.54 Å². The van der Waals surface area contributed by atoms with E-state index in [1.54, 1.807) is 0 Å². The molecule has 1 unspecified atom stereocenters. The smallest absolute Gasteiger partial charge is 0.104 e. The van der Waals surface area contributed by atoms with Crippen LogP contribution < -0.4 is 5.32 Å². The molecule has 0 aromatic carbocycles. The van der Waals surface area contributed by atoms with E-state index in [1.807, 2.05) is 6.92 Å². The highest BCUT2D eigenvalue weighted by Crippen LogP contribution is 2.25. The van der Waals surface area contributed by atoms with Crippen LogP contribution in [0.25, 0.3) is 0 Å². The van der Waals surface area contributed by atoms with Crippen LogP contribution in [0.4, 0.5) is 0 Å². The van der Waals surface area contributed by atoms with E-state index in [1.165, 1.54) is 51.4 Å². The summed E-state index contributed by atoms with van der Waals surface area (Å²) in [5, 5.41) is 12.7. The molecule has 19 heavy (non-hydrogen) atoms. The predicted molar refractivity (Wildman–Crippen MR) is 76.9 cm³/mol. The van der Waals surface area contributed by atoms with Crippen molar-refractivity contribution in [3.63, 3.8) is 0 Å². The molecule has 3 nitrogen and oxygen atoms in total. The van der Waals surface area contributed by atoms with E-state index in [2.05, 4.69) is 11.4 Å². The van der Waals surface area contributed by atoms with Crippen LogP contribution in [0.15, 0.2) is 0 Å². The third kappa shape index (κ3) is 5.50. The van der Waals surface area contributed by atoms with Crippen LogP contribution in [0.5, 0.6) is 0 Å². The second kappa shape index (κ2) is 7.26. The molecular formula is C16H28N2O. The highest BCUT2D eigenvalue weighted by Gasteiger charge is 2.32. The Morgan fingerprint density at radius 3 is 2.42 bits per heavy atom. The minimum absolute atomic E-state index is 0.353. The van der Waals surface area contributed by atoms with Crippen LogP contribution in [0, 0.1) is 11.3 Å². The number of ether oxygens (including phenoxy) is 1. The van der Waals surface area contributed by atoms with E-state index in [4.69, 9.17) is 4.74 Å². The van der Waals surface area contributed by atoms with Gasteiger partial charge in [-0.3, -0.25) is 5.32 Å². The fourth-order valence-electron chi connectivity index (χ4n) is 2.92. The second-order valence-corrected chi connectivity index (χ2v) is 6.45. The monoisotopic (exact) mass is 264 g/mol. The lowest BCUT2D eigenvalue weighted by Crippen LogP contribution is -2.42.